The minimum atomic E-state index is -0.158. The van der Waals surface area contributed by atoms with Crippen molar-refractivity contribution in [1.82, 2.24) is 14.8 Å². The molecule has 0 saturated heterocycles. The van der Waals surface area contributed by atoms with E-state index in [1.54, 1.807) is 0 Å². The van der Waals surface area contributed by atoms with E-state index in [2.05, 4.69) is 56.3 Å². The average Bonchev–Trinajstić information content (AvgIpc) is 2.27. The Kier molecular flexibility index (Phi) is 9.22. The maximum absolute atomic E-state index is 3.81. The second kappa shape index (κ2) is 9.16. The van der Waals surface area contributed by atoms with E-state index in [1.165, 1.54) is 0 Å². The van der Waals surface area contributed by atoms with Crippen molar-refractivity contribution >= 4 is 9.68 Å². The summed E-state index contributed by atoms with van der Waals surface area (Å²) in [5.41, 5.74) is 0.841. The topological polar surface area (TPSA) is 18.5 Å². The van der Waals surface area contributed by atoms with Gasteiger partial charge in [-0.3, -0.25) is 9.80 Å². The van der Waals surface area contributed by atoms with Gasteiger partial charge in [0.25, 0.3) is 0 Å². The smallest absolute Gasteiger partial charge is 0.110 e. The maximum Gasteiger partial charge on any atom is 0.110 e. The van der Waals surface area contributed by atoms with E-state index in [4.69, 9.17) is 0 Å². The highest BCUT2D eigenvalue weighted by atomic mass is 28.2. The Morgan fingerprint density at radius 1 is 0.875 bits per heavy atom. The van der Waals surface area contributed by atoms with E-state index in [-0.39, 0.29) is 9.68 Å². The van der Waals surface area contributed by atoms with Gasteiger partial charge in [-0.2, -0.15) is 0 Å². The second-order valence-corrected chi connectivity index (χ2v) is 7.07. The third kappa shape index (κ3) is 5.43. The first-order valence-electron chi connectivity index (χ1n) is 6.81. The molecule has 16 heavy (non-hydrogen) atoms. The van der Waals surface area contributed by atoms with Crippen LogP contribution in [0.1, 0.15) is 41.5 Å². The fourth-order valence-corrected chi connectivity index (χ4v) is 3.17. The second-order valence-electron chi connectivity index (χ2n) is 4.62. The van der Waals surface area contributed by atoms with Gasteiger partial charge in [0.05, 0.1) is 9.68 Å². The lowest BCUT2D eigenvalue weighted by molar-refractivity contribution is 0.0477. The predicted molar refractivity (Wildman–Crippen MR) is 76.4 cm³/mol. The van der Waals surface area contributed by atoms with Crippen LogP contribution in [0.15, 0.2) is 0 Å². The minimum absolute atomic E-state index is 0.158. The molecule has 0 aromatic carbocycles. The molecule has 0 amide bonds. The zero-order valence-electron chi connectivity index (χ0n) is 12.1. The third-order valence-electron chi connectivity index (χ3n) is 3.03. The van der Waals surface area contributed by atoms with Crippen LogP contribution in [0.2, 0.25) is 5.54 Å². The molecule has 0 radical (unpaired) electrons. The molecule has 0 rings (SSSR count). The molecule has 0 unspecified atom stereocenters. The first-order chi connectivity index (χ1) is 7.60. The SMILES string of the molecule is CCN(CC)C(N[SiH2]C(C)C)N(CC)CC. The summed E-state index contributed by atoms with van der Waals surface area (Å²) in [5.74, 6) is 0. The van der Waals surface area contributed by atoms with Crippen LogP contribution in [0.5, 0.6) is 0 Å². The molecule has 3 nitrogen and oxygen atoms in total. The molecular formula is C12H31N3Si. The molecule has 0 atom stereocenters. The molecular weight excluding hydrogens is 214 g/mol. The molecule has 0 saturated carbocycles. The average molecular weight is 245 g/mol. The Morgan fingerprint density at radius 2 is 1.25 bits per heavy atom. The Bertz CT molecular complexity index is 144. The third-order valence-corrected chi connectivity index (χ3v) is 4.44. The number of nitrogens with zero attached hydrogens (tertiary/aromatic N) is 2. The van der Waals surface area contributed by atoms with Crippen LogP contribution in [0, 0.1) is 0 Å². The molecule has 4 heteroatoms. The van der Waals surface area contributed by atoms with Crippen molar-refractivity contribution < 1.29 is 0 Å². The largest absolute Gasteiger partial charge is 0.316 e. The minimum Gasteiger partial charge on any atom is -0.316 e. The van der Waals surface area contributed by atoms with Gasteiger partial charge in [0, 0.05) is 0 Å². The maximum atomic E-state index is 3.81. The van der Waals surface area contributed by atoms with Gasteiger partial charge in [-0.1, -0.05) is 41.5 Å². The molecule has 0 aliphatic heterocycles. The highest BCUT2D eigenvalue weighted by molar-refractivity contribution is 6.34. The standard InChI is InChI=1S/C12H31N3Si/c1-7-14(8-2)12(13-16-11(5)6)15(9-3)10-4/h11-13H,7-10,16H2,1-6H3. The van der Waals surface area contributed by atoms with Crippen LogP contribution in [-0.2, 0) is 0 Å². The molecule has 0 aliphatic carbocycles. The summed E-state index contributed by atoms with van der Waals surface area (Å²) >= 11 is 0. The van der Waals surface area contributed by atoms with Gasteiger partial charge in [0.2, 0.25) is 0 Å². The van der Waals surface area contributed by atoms with Gasteiger partial charge < -0.3 is 4.98 Å². The lowest BCUT2D eigenvalue weighted by atomic mass is 10.4. The molecule has 0 aromatic rings. The number of hydrogen-bond donors (Lipinski definition) is 1. The van der Waals surface area contributed by atoms with Gasteiger partial charge in [-0.05, 0) is 31.7 Å². The summed E-state index contributed by atoms with van der Waals surface area (Å²) < 4.78 is 0. The fourth-order valence-electron chi connectivity index (χ4n) is 1.97. The lowest BCUT2D eigenvalue weighted by Crippen LogP contribution is -2.57. The van der Waals surface area contributed by atoms with Gasteiger partial charge in [-0.25, -0.2) is 0 Å². The van der Waals surface area contributed by atoms with Crippen LogP contribution in [0.4, 0.5) is 0 Å². The van der Waals surface area contributed by atoms with Gasteiger partial charge in [-0.15, -0.1) is 0 Å². The molecule has 0 spiro atoms. The van der Waals surface area contributed by atoms with Crippen molar-refractivity contribution in [2.45, 2.75) is 53.4 Å². The number of rotatable bonds is 9. The van der Waals surface area contributed by atoms with Crippen LogP contribution >= 0.6 is 0 Å². The first-order valence-corrected chi connectivity index (χ1v) is 8.34. The summed E-state index contributed by atoms with van der Waals surface area (Å²) in [6.45, 7) is 18.1. The van der Waals surface area contributed by atoms with Crippen molar-refractivity contribution in [3.63, 3.8) is 0 Å². The van der Waals surface area contributed by atoms with Crippen molar-refractivity contribution in [3.05, 3.63) is 0 Å². The van der Waals surface area contributed by atoms with Crippen LogP contribution in [-0.4, -0.2) is 51.9 Å². The van der Waals surface area contributed by atoms with Crippen molar-refractivity contribution in [3.8, 4) is 0 Å². The Labute approximate surface area is 104 Å². The highest BCUT2D eigenvalue weighted by Gasteiger charge is 2.20. The van der Waals surface area contributed by atoms with Crippen molar-refractivity contribution in [1.29, 1.82) is 0 Å². The van der Waals surface area contributed by atoms with E-state index in [0.29, 0.717) is 6.29 Å². The number of hydrogen-bond acceptors (Lipinski definition) is 3. The Morgan fingerprint density at radius 3 is 1.50 bits per heavy atom. The molecule has 0 fully saturated rings. The molecule has 0 aliphatic rings. The summed E-state index contributed by atoms with van der Waals surface area (Å²) in [4.78, 5) is 8.85. The van der Waals surface area contributed by atoms with Crippen molar-refractivity contribution in [2.75, 3.05) is 26.2 Å². The van der Waals surface area contributed by atoms with Gasteiger partial charge in [0.1, 0.15) is 6.29 Å². The summed E-state index contributed by atoms with van der Waals surface area (Å²) in [6.07, 6.45) is 0.457. The normalized spacial score (nSPS) is 13.1. The molecule has 1 N–H and O–H groups in total. The van der Waals surface area contributed by atoms with Crippen LogP contribution in [0.3, 0.4) is 0 Å². The molecule has 0 heterocycles. The van der Waals surface area contributed by atoms with E-state index in [1.807, 2.05) is 0 Å². The number of nitrogens with one attached hydrogen (secondary N) is 1. The molecule has 0 bridgehead atoms. The molecule has 98 valence electrons. The summed E-state index contributed by atoms with van der Waals surface area (Å²) in [6, 6.07) is 0. The Hall–Kier alpha value is 0.0969. The molecule has 0 aromatic heterocycles. The van der Waals surface area contributed by atoms with Crippen LogP contribution in [0.25, 0.3) is 0 Å². The van der Waals surface area contributed by atoms with Gasteiger partial charge >= 0.3 is 0 Å². The van der Waals surface area contributed by atoms with E-state index >= 15 is 0 Å². The summed E-state index contributed by atoms with van der Waals surface area (Å²) in [5, 5.41) is 0. The Balaban J connectivity index is 4.46. The summed E-state index contributed by atoms with van der Waals surface area (Å²) in [7, 11) is -0.158. The predicted octanol–water partition coefficient (Wildman–Crippen LogP) is 1.46. The quantitative estimate of drug-likeness (QED) is 0.490. The fraction of sp³-hybridized carbons (Fsp3) is 1.00. The van der Waals surface area contributed by atoms with E-state index in [0.717, 1.165) is 31.7 Å². The first kappa shape index (κ1) is 16.1. The van der Waals surface area contributed by atoms with Crippen molar-refractivity contribution in [2.24, 2.45) is 0 Å². The zero-order valence-corrected chi connectivity index (χ0v) is 13.5. The van der Waals surface area contributed by atoms with Crippen LogP contribution < -0.4 is 4.98 Å². The van der Waals surface area contributed by atoms with E-state index in [9.17, 15) is 0 Å². The van der Waals surface area contributed by atoms with Gasteiger partial charge in [0.15, 0.2) is 0 Å². The monoisotopic (exact) mass is 245 g/mol. The van der Waals surface area contributed by atoms with E-state index < -0.39 is 0 Å². The zero-order chi connectivity index (χ0) is 12.6. The highest BCUT2D eigenvalue weighted by Crippen LogP contribution is 2.04. The lowest BCUT2D eigenvalue weighted by Gasteiger charge is -2.39.